The number of benzene rings is 2. The Morgan fingerprint density at radius 3 is 2.26 bits per heavy atom. The lowest BCUT2D eigenvalue weighted by Crippen LogP contribution is -2.14. The summed E-state index contributed by atoms with van der Waals surface area (Å²) in [5, 5.41) is 11.7. The average molecular weight is 256 g/mol. The van der Waals surface area contributed by atoms with E-state index in [0.717, 1.165) is 17.1 Å². The molecule has 3 N–H and O–H groups in total. The molecule has 0 spiro atoms. The highest BCUT2D eigenvalue weighted by Gasteiger charge is 2.05. The maximum Gasteiger partial charge on any atom is 0.170 e. The van der Waals surface area contributed by atoms with Gasteiger partial charge in [0.25, 0.3) is 0 Å². The molecule has 0 unspecified atom stereocenters. The van der Waals surface area contributed by atoms with E-state index < -0.39 is 0 Å². The Kier molecular flexibility index (Phi) is 3.71. The number of rotatable bonds is 3. The van der Waals surface area contributed by atoms with Gasteiger partial charge in [0.2, 0.25) is 0 Å². The number of oxime groups is 1. The van der Waals surface area contributed by atoms with Crippen LogP contribution in [0, 0.1) is 13.8 Å². The summed E-state index contributed by atoms with van der Waals surface area (Å²) in [6, 6.07) is 13.2. The fourth-order valence-electron chi connectivity index (χ4n) is 1.78. The first-order valence-electron chi connectivity index (χ1n) is 5.93. The van der Waals surface area contributed by atoms with Gasteiger partial charge in [0.05, 0.1) is 0 Å². The van der Waals surface area contributed by atoms with Crippen LogP contribution in [-0.4, -0.2) is 11.0 Å². The molecule has 0 bridgehead atoms. The Labute approximate surface area is 112 Å². The highest BCUT2D eigenvalue weighted by atomic mass is 16.5. The molecule has 0 aliphatic carbocycles. The van der Waals surface area contributed by atoms with E-state index >= 15 is 0 Å². The van der Waals surface area contributed by atoms with Crippen molar-refractivity contribution in [2.24, 2.45) is 10.9 Å². The molecular weight excluding hydrogens is 240 g/mol. The second-order valence-corrected chi connectivity index (χ2v) is 4.38. The van der Waals surface area contributed by atoms with Gasteiger partial charge in [0, 0.05) is 5.56 Å². The van der Waals surface area contributed by atoms with Gasteiger partial charge in [-0.05, 0) is 49.7 Å². The maximum atomic E-state index is 8.67. The Morgan fingerprint density at radius 1 is 1.05 bits per heavy atom. The molecule has 2 rings (SSSR count). The third-order valence-corrected chi connectivity index (χ3v) is 2.84. The summed E-state index contributed by atoms with van der Waals surface area (Å²) in [5.74, 6) is 1.59. The van der Waals surface area contributed by atoms with Crippen molar-refractivity contribution in [2.75, 3.05) is 0 Å². The van der Waals surface area contributed by atoms with Crippen LogP contribution in [0.3, 0.4) is 0 Å². The molecule has 0 aromatic heterocycles. The van der Waals surface area contributed by atoms with E-state index in [2.05, 4.69) is 5.16 Å². The molecule has 0 heterocycles. The predicted octanol–water partition coefficient (Wildman–Crippen LogP) is 3.19. The topological polar surface area (TPSA) is 67.8 Å². The number of nitrogens with zero attached hydrogens (tertiary/aromatic N) is 1. The van der Waals surface area contributed by atoms with Gasteiger partial charge >= 0.3 is 0 Å². The summed E-state index contributed by atoms with van der Waals surface area (Å²) in [6.07, 6.45) is 0. The Morgan fingerprint density at radius 2 is 1.68 bits per heavy atom. The second kappa shape index (κ2) is 5.44. The SMILES string of the molecule is Cc1ccc(Oc2ccc(/C(N)=N/O)c(C)c2)cc1. The van der Waals surface area contributed by atoms with E-state index in [1.807, 2.05) is 44.2 Å². The van der Waals surface area contributed by atoms with E-state index in [-0.39, 0.29) is 5.84 Å². The maximum absolute atomic E-state index is 8.67. The second-order valence-electron chi connectivity index (χ2n) is 4.38. The molecule has 0 aliphatic rings. The van der Waals surface area contributed by atoms with Gasteiger partial charge in [-0.2, -0.15) is 0 Å². The van der Waals surface area contributed by atoms with Crippen molar-refractivity contribution in [1.29, 1.82) is 0 Å². The minimum atomic E-state index is 0.0967. The monoisotopic (exact) mass is 256 g/mol. The summed E-state index contributed by atoms with van der Waals surface area (Å²) >= 11 is 0. The van der Waals surface area contributed by atoms with Crippen molar-refractivity contribution in [3.05, 3.63) is 59.2 Å². The van der Waals surface area contributed by atoms with Crippen molar-refractivity contribution in [3.8, 4) is 11.5 Å². The first-order chi connectivity index (χ1) is 9.10. The van der Waals surface area contributed by atoms with Crippen molar-refractivity contribution in [1.82, 2.24) is 0 Å². The fourth-order valence-corrected chi connectivity index (χ4v) is 1.78. The lowest BCUT2D eigenvalue weighted by Gasteiger charge is -2.09. The molecule has 4 nitrogen and oxygen atoms in total. The third kappa shape index (κ3) is 3.04. The zero-order chi connectivity index (χ0) is 13.8. The van der Waals surface area contributed by atoms with Crippen molar-refractivity contribution < 1.29 is 9.94 Å². The number of aryl methyl sites for hydroxylation is 2. The highest BCUT2D eigenvalue weighted by Crippen LogP contribution is 2.24. The van der Waals surface area contributed by atoms with Crippen LogP contribution in [0.25, 0.3) is 0 Å². The van der Waals surface area contributed by atoms with Crippen LogP contribution in [0.4, 0.5) is 0 Å². The van der Waals surface area contributed by atoms with Gasteiger partial charge in [0.15, 0.2) is 5.84 Å². The molecule has 2 aromatic rings. The molecular formula is C15H16N2O2. The summed E-state index contributed by atoms with van der Waals surface area (Å²) in [4.78, 5) is 0. The van der Waals surface area contributed by atoms with E-state index in [9.17, 15) is 0 Å². The summed E-state index contributed by atoms with van der Waals surface area (Å²) in [5.41, 5.74) is 8.34. The molecule has 0 radical (unpaired) electrons. The molecule has 0 saturated carbocycles. The zero-order valence-corrected chi connectivity index (χ0v) is 10.9. The van der Waals surface area contributed by atoms with Crippen LogP contribution in [-0.2, 0) is 0 Å². The van der Waals surface area contributed by atoms with Crippen LogP contribution in [0.2, 0.25) is 0 Å². The number of ether oxygens (including phenoxy) is 1. The van der Waals surface area contributed by atoms with Crippen LogP contribution >= 0.6 is 0 Å². The Bertz CT molecular complexity index is 604. The Balaban J connectivity index is 2.23. The van der Waals surface area contributed by atoms with E-state index in [1.165, 1.54) is 5.56 Å². The fraction of sp³-hybridized carbons (Fsp3) is 0.133. The largest absolute Gasteiger partial charge is 0.457 e. The van der Waals surface area contributed by atoms with Gasteiger partial charge < -0.3 is 15.7 Å². The summed E-state index contributed by atoms with van der Waals surface area (Å²) < 4.78 is 5.74. The molecule has 0 aliphatic heterocycles. The van der Waals surface area contributed by atoms with Crippen molar-refractivity contribution in [2.45, 2.75) is 13.8 Å². The van der Waals surface area contributed by atoms with Crippen LogP contribution in [0.1, 0.15) is 16.7 Å². The molecule has 19 heavy (non-hydrogen) atoms. The standard InChI is InChI=1S/C15H16N2O2/c1-10-3-5-12(6-4-10)19-13-7-8-14(11(2)9-13)15(16)17-18/h3-9,18H,1-2H3,(H2,16,17). The molecule has 4 heteroatoms. The molecule has 0 amide bonds. The third-order valence-electron chi connectivity index (χ3n) is 2.84. The summed E-state index contributed by atoms with van der Waals surface area (Å²) in [6.45, 7) is 3.91. The van der Waals surface area contributed by atoms with Gasteiger partial charge in [0.1, 0.15) is 11.5 Å². The zero-order valence-electron chi connectivity index (χ0n) is 10.9. The number of amidine groups is 1. The Hall–Kier alpha value is -2.49. The van der Waals surface area contributed by atoms with Crippen molar-refractivity contribution in [3.63, 3.8) is 0 Å². The van der Waals surface area contributed by atoms with Gasteiger partial charge in [-0.1, -0.05) is 22.9 Å². The first-order valence-corrected chi connectivity index (χ1v) is 5.93. The van der Waals surface area contributed by atoms with Crippen LogP contribution in [0.5, 0.6) is 11.5 Å². The van der Waals surface area contributed by atoms with Crippen LogP contribution < -0.4 is 10.5 Å². The lowest BCUT2D eigenvalue weighted by molar-refractivity contribution is 0.318. The number of hydrogen-bond acceptors (Lipinski definition) is 3. The van der Waals surface area contributed by atoms with Gasteiger partial charge in [-0.15, -0.1) is 0 Å². The average Bonchev–Trinajstić information content (AvgIpc) is 2.41. The van der Waals surface area contributed by atoms with Crippen molar-refractivity contribution >= 4 is 5.84 Å². The van der Waals surface area contributed by atoms with Crippen LogP contribution in [0.15, 0.2) is 47.6 Å². The minimum absolute atomic E-state index is 0.0967. The number of hydrogen-bond donors (Lipinski definition) is 2. The summed E-state index contributed by atoms with van der Waals surface area (Å²) in [7, 11) is 0. The molecule has 0 fully saturated rings. The highest BCUT2D eigenvalue weighted by molar-refractivity contribution is 5.98. The molecule has 0 saturated heterocycles. The molecule has 98 valence electrons. The molecule has 0 atom stereocenters. The van der Waals surface area contributed by atoms with Gasteiger partial charge in [-0.25, -0.2) is 0 Å². The smallest absolute Gasteiger partial charge is 0.170 e. The quantitative estimate of drug-likeness (QED) is 0.383. The van der Waals surface area contributed by atoms with E-state index in [4.69, 9.17) is 15.7 Å². The van der Waals surface area contributed by atoms with Gasteiger partial charge in [-0.3, -0.25) is 0 Å². The predicted molar refractivity (Wildman–Crippen MR) is 74.9 cm³/mol. The van der Waals surface area contributed by atoms with E-state index in [0.29, 0.717) is 5.56 Å². The van der Waals surface area contributed by atoms with E-state index in [1.54, 1.807) is 12.1 Å². The molecule has 2 aromatic carbocycles. The minimum Gasteiger partial charge on any atom is -0.457 e. The first kappa shape index (κ1) is 13.0. The lowest BCUT2D eigenvalue weighted by atomic mass is 10.1. The number of nitrogens with two attached hydrogens (primary N) is 1. The normalized spacial score (nSPS) is 11.4.